The zero-order valence-corrected chi connectivity index (χ0v) is 68.0. The van der Waals surface area contributed by atoms with Gasteiger partial charge in [-0.15, -0.1) is 0 Å². The second-order valence-electron chi connectivity index (χ2n) is 29.4. The van der Waals surface area contributed by atoms with E-state index in [-0.39, 0.29) is 25.7 Å². The number of esters is 4. The maximum atomic E-state index is 13.1. The number of aliphatic hydroxyl groups is 1. The summed E-state index contributed by atoms with van der Waals surface area (Å²) in [6.45, 7) is 7.24. The molecule has 0 heterocycles. The van der Waals surface area contributed by atoms with Crippen molar-refractivity contribution in [1.29, 1.82) is 0 Å². The van der Waals surface area contributed by atoms with Gasteiger partial charge in [-0.1, -0.05) is 367 Å². The Hall–Kier alpha value is -2.46. The molecule has 0 amide bonds. The number of allylic oxidation sites excluding steroid dienone is 4. The third-order valence-corrected chi connectivity index (χ3v) is 21.2. The van der Waals surface area contributed by atoms with Gasteiger partial charge in [0.25, 0.3) is 0 Å². The number of unbranched alkanes of at least 4 members (excludes halogenated alkanes) is 49. The van der Waals surface area contributed by atoms with E-state index < -0.39 is 97.5 Å². The Balaban J connectivity index is 5.14. The van der Waals surface area contributed by atoms with Crippen LogP contribution in [0.5, 0.6) is 0 Å². The van der Waals surface area contributed by atoms with Crippen molar-refractivity contribution < 1.29 is 80.2 Å². The highest BCUT2D eigenvalue weighted by Gasteiger charge is 2.30. The van der Waals surface area contributed by atoms with E-state index in [9.17, 15) is 43.2 Å². The Bertz CT molecular complexity index is 2040. The lowest BCUT2D eigenvalue weighted by Crippen LogP contribution is -2.30. The van der Waals surface area contributed by atoms with Crippen LogP contribution >= 0.6 is 15.6 Å². The quantitative estimate of drug-likeness (QED) is 0.0169. The summed E-state index contributed by atoms with van der Waals surface area (Å²) in [5.74, 6) is -1.28. The standard InChI is InChI=1S/C83H158O17P2/c1-6-10-13-16-18-20-22-24-26-27-28-29-33-37-40-44-48-52-57-62-67-81(86)94-73-79(100-83(88)69-64-59-54-50-46-42-38-34-31-30-32-36-39-43-47-51-56-60-65-76(5)9-4)75-98-102(91,92)96-71-77(84)70-95-101(89,90)97-74-78(72-93-80(85)66-61-55-15-12-8-3)99-82(87)68-63-58-53-49-45-41-35-25-23-21-19-17-14-11-7-2/h21,23,25,35,76-79,84H,6-20,22,24,26-34,36-75H2,1-5H3,(H,89,90)(H,91,92)/b23-21-,35-25-/t76?,77-,78+,79+/m0/s1. The van der Waals surface area contributed by atoms with E-state index in [1.54, 1.807) is 0 Å². The minimum atomic E-state index is -4.96. The second kappa shape index (κ2) is 75.4. The van der Waals surface area contributed by atoms with Crippen LogP contribution in [0.4, 0.5) is 0 Å². The number of rotatable bonds is 81. The molecule has 0 saturated heterocycles. The zero-order valence-electron chi connectivity index (χ0n) is 66.2. The molecule has 3 N–H and O–H groups in total. The molecule has 602 valence electrons. The first-order valence-corrected chi connectivity index (χ1v) is 45.5. The molecule has 102 heavy (non-hydrogen) atoms. The van der Waals surface area contributed by atoms with Crippen LogP contribution in [0.15, 0.2) is 24.3 Å². The molecule has 3 unspecified atom stereocenters. The molecular weight excluding hydrogens is 1330 g/mol. The maximum Gasteiger partial charge on any atom is 0.472 e. The number of aliphatic hydroxyl groups excluding tert-OH is 1. The smallest absolute Gasteiger partial charge is 0.462 e. The van der Waals surface area contributed by atoms with Crippen LogP contribution in [-0.2, 0) is 65.4 Å². The first-order valence-electron chi connectivity index (χ1n) is 42.5. The number of hydrogen-bond acceptors (Lipinski definition) is 15. The molecule has 0 aromatic rings. The SMILES string of the molecule is CCCCCC/C=C\C=C/CCCCCCCC(=O)O[C@H](COC(=O)CCCCCCC)COP(=O)(O)OC[C@H](O)COP(=O)(O)OC[C@@H](COC(=O)CCCCCCCCCCCCCCCCCCCCCC)OC(=O)CCCCCCCCCCCCCCCCCCCCC(C)CC. The van der Waals surface area contributed by atoms with Crippen LogP contribution in [0.25, 0.3) is 0 Å². The molecule has 0 aliphatic carbocycles. The van der Waals surface area contributed by atoms with Crippen LogP contribution in [0.2, 0.25) is 0 Å². The van der Waals surface area contributed by atoms with E-state index in [1.165, 1.54) is 225 Å². The van der Waals surface area contributed by atoms with Crippen LogP contribution in [-0.4, -0.2) is 96.7 Å². The molecule has 6 atom stereocenters. The topological polar surface area (TPSA) is 237 Å². The Kier molecular flexibility index (Phi) is 73.5. The van der Waals surface area contributed by atoms with Crippen molar-refractivity contribution in [3.05, 3.63) is 24.3 Å². The molecule has 19 heteroatoms. The lowest BCUT2D eigenvalue weighted by molar-refractivity contribution is -0.161. The fraction of sp³-hybridized carbons (Fsp3) is 0.904. The summed E-state index contributed by atoms with van der Waals surface area (Å²) in [7, 11) is -9.92. The average molecular weight is 1490 g/mol. The number of phosphoric acid groups is 2. The first-order chi connectivity index (χ1) is 49.6. The molecule has 17 nitrogen and oxygen atoms in total. The highest BCUT2D eigenvalue weighted by Crippen LogP contribution is 2.45. The summed E-state index contributed by atoms with van der Waals surface area (Å²) in [6.07, 6.45) is 70.8. The van der Waals surface area contributed by atoms with Gasteiger partial charge in [-0.2, -0.15) is 0 Å². The van der Waals surface area contributed by atoms with Crippen molar-refractivity contribution in [2.24, 2.45) is 5.92 Å². The number of phosphoric ester groups is 2. The van der Waals surface area contributed by atoms with Crippen LogP contribution in [0.1, 0.15) is 420 Å². The molecule has 0 spiro atoms. The van der Waals surface area contributed by atoms with Gasteiger partial charge in [0, 0.05) is 25.7 Å². The molecule has 0 aromatic carbocycles. The second-order valence-corrected chi connectivity index (χ2v) is 32.3. The third-order valence-electron chi connectivity index (χ3n) is 19.3. The van der Waals surface area contributed by atoms with Crippen molar-refractivity contribution in [3.8, 4) is 0 Å². The number of carbonyl (C=O) groups is 4. The van der Waals surface area contributed by atoms with Crippen LogP contribution in [0.3, 0.4) is 0 Å². The highest BCUT2D eigenvalue weighted by molar-refractivity contribution is 7.47. The van der Waals surface area contributed by atoms with Gasteiger partial charge in [-0.05, 0) is 57.3 Å². The fourth-order valence-electron chi connectivity index (χ4n) is 12.4. The van der Waals surface area contributed by atoms with Crippen LogP contribution in [0, 0.1) is 5.92 Å². The van der Waals surface area contributed by atoms with Crippen LogP contribution < -0.4 is 0 Å². The largest absolute Gasteiger partial charge is 0.472 e. The predicted molar refractivity (Wildman–Crippen MR) is 418 cm³/mol. The third kappa shape index (κ3) is 74.4. The Morgan fingerprint density at radius 2 is 0.549 bits per heavy atom. The molecule has 0 aliphatic rings. The van der Waals surface area contributed by atoms with Crippen molar-refractivity contribution in [3.63, 3.8) is 0 Å². The summed E-state index contributed by atoms with van der Waals surface area (Å²) in [5, 5.41) is 10.6. The molecule has 0 saturated carbocycles. The van der Waals surface area contributed by atoms with Crippen molar-refractivity contribution in [1.82, 2.24) is 0 Å². The van der Waals surface area contributed by atoms with Gasteiger partial charge in [-0.25, -0.2) is 9.13 Å². The maximum absolute atomic E-state index is 13.1. The summed E-state index contributed by atoms with van der Waals surface area (Å²) in [4.78, 5) is 72.7. The van der Waals surface area contributed by atoms with Gasteiger partial charge in [0.2, 0.25) is 0 Å². The number of ether oxygens (including phenoxy) is 4. The Morgan fingerprint density at radius 3 is 0.833 bits per heavy atom. The monoisotopic (exact) mass is 1490 g/mol. The van der Waals surface area contributed by atoms with Gasteiger partial charge in [0.1, 0.15) is 19.3 Å². The minimum Gasteiger partial charge on any atom is -0.462 e. The predicted octanol–water partition coefficient (Wildman–Crippen LogP) is 24.8. The molecule has 0 radical (unpaired) electrons. The molecule has 0 rings (SSSR count). The van der Waals surface area contributed by atoms with E-state index >= 15 is 0 Å². The molecule has 0 bridgehead atoms. The Morgan fingerprint density at radius 1 is 0.314 bits per heavy atom. The van der Waals surface area contributed by atoms with Crippen molar-refractivity contribution >= 4 is 39.5 Å². The summed E-state index contributed by atoms with van der Waals surface area (Å²) in [6, 6.07) is 0. The van der Waals surface area contributed by atoms with E-state index in [1.807, 2.05) is 0 Å². The van der Waals surface area contributed by atoms with E-state index in [0.717, 1.165) is 115 Å². The Labute approximate surface area is 624 Å². The number of hydrogen-bond donors (Lipinski definition) is 3. The normalized spacial score (nSPS) is 14.2. The van der Waals surface area contributed by atoms with Gasteiger partial charge in [-0.3, -0.25) is 37.3 Å². The molecular formula is C83H158O17P2. The molecule has 0 aromatic heterocycles. The summed E-state index contributed by atoms with van der Waals surface area (Å²) < 4.78 is 68.5. The summed E-state index contributed by atoms with van der Waals surface area (Å²) >= 11 is 0. The molecule has 0 fully saturated rings. The number of carbonyl (C=O) groups excluding carboxylic acids is 4. The van der Waals surface area contributed by atoms with Gasteiger partial charge in [0.15, 0.2) is 12.2 Å². The lowest BCUT2D eigenvalue weighted by Gasteiger charge is -2.21. The van der Waals surface area contributed by atoms with Crippen molar-refractivity contribution in [2.75, 3.05) is 39.6 Å². The highest BCUT2D eigenvalue weighted by atomic mass is 31.2. The lowest BCUT2D eigenvalue weighted by atomic mass is 9.99. The minimum absolute atomic E-state index is 0.0845. The fourth-order valence-corrected chi connectivity index (χ4v) is 13.9. The van der Waals surface area contributed by atoms with Gasteiger partial charge < -0.3 is 33.8 Å². The average Bonchev–Trinajstić information content (AvgIpc) is 0.994. The van der Waals surface area contributed by atoms with E-state index in [2.05, 4.69) is 58.9 Å². The van der Waals surface area contributed by atoms with Gasteiger partial charge >= 0.3 is 39.5 Å². The first kappa shape index (κ1) is 99.5. The van der Waals surface area contributed by atoms with Gasteiger partial charge in [0.05, 0.1) is 26.4 Å². The van der Waals surface area contributed by atoms with E-state index in [0.29, 0.717) is 25.7 Å². The summed E-state index contributed by atoms with van der Waals surface area (Å²) in [5.41, 5.74) is 0. The van der Waals surface area contributed by atoms with Crippen molar-refractivity contribution in [2.45, 2.75) is 438 Å². The molecule has 0 aliphatic heterocycles. The van der Waals surface area contributed by atoms with E-state index in [4.69, 9.17) is 37.0 Å². The zero-order chi connectivity index (χ0) is 74.8.